The summed E-state index contributed by atoms with van der Waals surface area (Å²) in [4.78, 5) is 40.6. The number of hydrogen-bond donors (Lipinski definition) is 1. The minimum Gasteiger partial charge on any atom is -0.491 e. The number of amides is 2. The van der Waals surface area contributed by atoms with Crippen LogP contribution < -0.4 is 4.74 Å². The van der Waals surface area contributed by atoms with Gasteiger partial charge in [-0.2, -0.15) is 0 Å². The van der Waals surface area contributed by atoms with Gasteiger partial charge in [-0.1, -0.05) is 36.9 Å². The zero-order chi connectivity index (χ0) is 31.9. The average Bonchev–Trinajstić information content (AvgIpc) is 3.25. The first kappa shape index (κ1) is 31.3. The van der Waals surface area contributed by atoms with Crippen molar-refractivity contribution in [1.29, 1.82) is 0 Å². The number of hydrogen-bond acceptors (Lipinski definition) is 6. The molecule has 0 bridgehead atoms. The molecule has 3 aliphatic rings. The third-order valence-corrected chi connectivity index (χ3v) is 10.3. The summed E-state index contributed by atoms with van der Waals surface area (Å²) < 4.78 is 11.7. The molecule has 2 aromatic carbocycles. The number of aromatic amines is 1. The summed E-state index contributed by atoms with van der Waals surface area (Å²) >= 11 is 1.64. The minimum atomic E-state index is -0.504. The van der Waals surface area contributed by atoms with E-state index in [2.05, 4.69) is 54.2 Å². The monoisotopic (exact) mass is 628 g/mol. The minimum absolute atomic E-state index is 0.0731. The molecule has 9 heteroatoms. The van der Waals surface area contributed by atoms with Crippen LogP contribution in [0.3, 0.4) is 0 Å². The van der Waals surface area contributed by atoms with E-state index >= 15 is 0 Å². The van der Waals surface area contributed by atoms with Crippen LogP contribution in [0.5, 0.6) is 5.75 Å². The molecule has 0 radical (unpaired) electrons. The molecule has 1 saturated heterocycles. The number of rotatable bonds is 4. The predicted octanol–water partition coefficient (Wildman–Crippen LogP) is 7.84. The lowest BCUT2D eigenvalue weighted by atomic mass is 9.90. The molecule has 1 fully saturated rings. The maximum Gasteiger partial charge on any atom is 0.410 e. The Morgan fingerprint density at radius 1 is 1.04 bits per heavy atom. The molecule has 1 atom stereocenters. The van der Waals surface area contributed by atoms with E-state index in [1.165, 1.54) is 4.91 Å². The van der Waals surface area contributed by atoms with E-state index in [4.69, 9.17) is 9.47 Å². The van der Waals surface area contributed by atoms with Crippen LogP contribution >= 0.6 is 11.8 Å². The Balaban J connectivity index is 1.18. The molecular formula is C36H44N4O4S. The molecule has 6 rings (SSSR count). The lowest BCUT2D eigenvalue weighted by Gasteiger charge is -2.36. The van der Waals surface area contributed by atoms with Crippen molar-refractivity contribution in [3.05, 3.63) is 69.2 Å². The van der Waals surface area contributed by atoms with Gasteiger partial charge >= 0.3 is 6.09 Å². The smallest absolute Gasteiger partial charge is 0.410 e. The van der Waals surface area contributed by atoms with E-state index in [9.17, 15) is 9.59 Å². The number of carbonyl (C=O) groups is 2. The van der Waals surface area contributed by atoms with Crippen molar-refractivity contribution in [1.82, 2.24) is 19.8 Å². The second kappa shape index (κ2) is 12.6. The number of fused-ring (bicyclic) bond motifs is 2. The summed E-state index contributed by atoms with van der Waals surface area (Å²) in [6, 6.07) is 12.5. The van der Waals surface area contributed by atoms with Gasteiger partial charge < -0.3 is 24.3 Å². The van der Waals surface area contributed by atoms with Gasteiger partial charge in [0.15, 0.2) is 0 Å². The Morgan fingerprint density at radius 3 is 2.51 bits per heavy atom. The number of benzene rings is 2. The Bertz CT molecular complexity index is 1680. The zero-order valence-corrected chi connectivity index (χ0v) is 28.1. The number of allylic oxidation sites excluding steroid dienone is 3. The molecule has 1 N–H and O–H groups in total. The number of aryl methyl sites for hydroxylation is 1. The van der Waals surface area contributed by atoms with E-state index in [0.717, 1.165) is 69.0 Å². The number of nitrogens with one attached hydrogen (secondary N) is 1. The van der Waals surface area contributed by atoms with Crippen LogP contribution in [0.1, 0.15) is 65.3 Å². The fraction of sp³-hybridized carbons (Fsp3) is 0.472. The number of carbonyl (C=O) groups excluding carboxylic acids is 2. The average molecular weight is 629 g/mol. The Labute approximate surface area is 270 Å². The second-order valence-electron chi connectivity index (χ2n) is 13.4. The van der Waals surface area contributed by atoms with Crippen LogP contribution in [0.15, 0.2) is 57.9 Å². The van der Waals surface area contributed by atoms with Crippen molar-refractivity contribution in [2.75, 3.05) is 26.2 Å². The number of likely N-dealkylation sites (tertiary alicyclic amines) is 1. The Morgan fingerprint density at radius 2 is 1.78 bits per heavy atom. The third kappa shape index (κ3) is 6.78. The van der Waals surface area contributed by atoms with Crippen LogP contribution in [0.4, 0.5) is 4.79 Å². The molecule has 0 saturated carbocycles. The standard InChI is InChI=1S/C36H44N4O4S/c1-7-24-20-32(25-12-14-39(15-13-25)35(42)44-36(4,5)6)45-33(22(24)2)34(41)40-16-17-43-31-11-9-26(18-28(31)21-40)27-8-10-29-30(19-27)38-23(3)37-29/h8-11,18-20,24-25H,7,12-17,21H2,1-6H3,(H,37,38). The number of nitrogens with zero attached hydrogens (tertiary/aromatic N) is 3. The Kier molecular flexibility index (Phi) is 8.74. The fourth-order valence-corrected chi connectivity index (χ4v) is 7.86. The van der Waals surface area contributed by atoms with Gasteiger partial charge in [-0.15, -0.1) is 0 Å². The third-order valence-electron chi connectivity index (χ3n) is 8.94. The highest BCUT2D eigenvalue weighted by molar-refractivity contribution is 8.07. The highest BCUT2D eigenvalue weighted by Gasteiger charge is 2.34. The van der Waals surface area contributed by atoms with Gasteiger partial charge in [0.1, 0.15) is 23.8 Å². The van der Waals surface area contributed by atoms with E-state index < -0.39 is 5.60 Å². The summed E-state index contributed by atoms with van der Waals surface area (Å²) in [5, 5.41) is 0. The number of imidazole rings is 1. The molecule has 8 nitrogen and oxygen atoms in total. The van der Waals surface area contributed by atoms with Crippen LogP contribution in [0, 0.1) is 18.8 Å². The zero-order valence-electron chi connectivity index (χ0n) is 27.2. The molecular weight excluding hydrogens is 584 g/mol. The maximum absolute atomic E-state index is 14.3. The largest absolute Gasteiger partial charge is 0.491 e. The van der Waals surface area contributed by atoms with Crippen LogP contribution in [-0.2, 0) is 16.1 Å². The number of H-pyrrole nitrogens is 1. The molecule has 0 spiro atoms. The molecule has 3 aromatic rings. The van der Waals surface area contributed by atoms with Gasteiger partial charge in [0, 0.05) is 25.2 Å². The fourth-order valence-electron chi connectivity index (χ4n) is 6.46. The van der Waals surface area contributed by atoms with E-state index in [0.29, 0.717) is 38.7 Å². The summed E-state index contributed by atoms with van der Waals surface area (Å²) in [5.41, 5.74) is 5.78. The number of piperidine rings is 1. The predicted molar refractivity (Wildman–Crippen MR) is 180 cm³/mol. The number of aromatic nitrogens is 2. The van der Waals surface area contributed by atoms with E-state index in [-0.39, 0.29) is 17.9 Å². The molecule has 3 aliphatic heterocycles. The van der Waals surface area contributed by atoms with Crippen molar-refractivity contribution in [2.45, 2.75) is 73.0 Å². The van der Waals surface area contributed by atoms with Crippen LogP contribution in [0.2, 0.25) is 0 Å². The molecule has 4 heterocycles. The van der Waals surface area contributed by atoms with E-state index in [1.807, 2.05) is 49.6 Å². The quantitative estimate of drug-likeness (QED) is 0.317. The number of thioether (sulfide) groups is 1. The van der Waals surface area contributed by atoms with E-state index in [1.54, 1.807) is 11.8 Å². The van der Waals surface area contributed by atoms with Crippen molar-refractivity contribution in [3.8, 4) is 16.9 Å². The van der Waals surface area contributed by atoms with Gasteiger partial charge in [-0.3, -0.25) is 4.79 Å². The summed E-state index contributed by atoms with van der Waals surface area (Å²) in [6.45, 7) is 14.8. The maximum atomic E-state index is 14.3. The summed E-state index contributed by atoms with van der Waals surface area (Å²) in [5.74, 6) is 2.35. The van der Waals surface area contributed by atoms with Crippen LogP contribution in [-0.4, -0.2) is 63.6 Å². The van der Waals surface area contributed by atoms with Gasteiger partial charge in [-0.25, -0.2) is 9.78 Å². The van der Waals surface area contributed by atoms with Gasteiger partial charge in [0.2, 0.25) is 0 Å². The Hall–Kier alpha value is -3.72. The summed E-state index contributed by atoms with van der Waals surface area (Å²) in [7, 11) is 0. The van der Waals surface area contributed by atoms with Crippen molar-refractivity contribution in [3.63, 3.8) is 0 Å². The first-order chi connectivity index (χ1) is 21.5. The van der Waals surface area contributed by atoms with Gasteiger partial charge in [-0.05, 0) is 112 Å². The SMILES string of the molecule is CCC1C=C(C2CCN(C(=O)OC(C)(C)C)CC2)SC(C(=O)N2CCOc3ccc(-c4ccc5nc(C)[nH]c5c4)cc3C2)=C1C. The normalized spacial score (nSPS) is 19.6. The van der Waals surface area contributed by atoms with Crippen molar-refractivity contribution in [2.24, 2.45) is 11.8 Å². The highest BCUT2D eigenvalue weighted by Crippen LogP contribution is 2.45. The van der Waals surface area contributed by atoms with Gasteiger partial charge in [0.05, 0.1) is 22.5 Å². The van der Waals surface area contributed by atoms with Crippen molar-refractivity contribution >= 4 is 34.8 Å². The second-order valence-corrected chi connectivity index (χ2v) is 14.5. The lowest BCUT2D eigenvalue weighted by Crippen LogP contribution is -2.42. The highest BCUT2D eigenvalue weighted by atomic mass is 32.2. The van der Waals surface area contributed by atoms with Crippen LogP contribution in [0.25, 0.3) is 22.2 Å². The lowest BCUT2D eigenvalue weighted by molar-refractivity contribution is -0.127. The molecule has 2 amide bonds. The first-order valence-corrected chi connectivity index (χ1v) is 16.9. The molecule has 1 unspecified atom stereocenters. The molecule has 238 valence electrons. The van der Waals surface area contributed by atoms with Gasteiger partial charge in [0.25, 0.3) is 5.91 Å². The molecule has 45 heavy (non-hydrogen) atoms. The first-order valence-electron chi connectivity index (χ1n) is 16.1. The van der Waals surface area contributed by atoms with Crippen molar-refractivity contribution < 1.29 is 19.1 Å². The molecule has 0 aliphatic carbocycles. The summed E-state index contributed by atoms with van der Waals surface area (Å²) in [6.07, 6.45) is 4.81. The topological polar surface area (TPSA) is 87.8 Å². The molecule has 1 aromatic heterocycles. The number of ether oxygens (including phenoxy) is 2.